The van der Waals surface area contributed by atoms with Crippen molar-refractivity contribution in [3.63, 3.8) is 0 Å². The van der Waals surface area contributed by atoms with Gasteiger partial charge >= 0.3 is 0 Å². The second-order valence-corrected chi connectivity index (χ2v) is 9.96. The Kier molecular flexibility index (Phi) is 8.50. The van der Waals surface area contributed by atoms with E-state index in [2.05, 4.69) is 4.99 Å². The van der Waals surface area contributed by atoms with Gasteiger partial charge in [0.15, 0.2) is 22.4 Å². The van der Waals surface area contributed by atoms with Crippen LogP contribution < -0.4 is 19.1 Å². The molecule has 1 aliphatic heterocycles. The number of hydrogen-bond acceptors (Lipinski definition) is 7. The Morgan fingerprint density at radius 3 is 1.98 bits per heavy atom. The number of amides is 1. The van der Waals surface area contributed by atoms with Gasteiger partial charge in [-0.25, -0.2) is 4.99 Å². The van der Waals surface area contributed by atoms with Gasteiger partial charge in [-0.2, -0.15) is 0 Å². The molecule has 0 aromatic heterocycles. The fraction of sp³-hybridized carbons (Fsp3) is 0.121. The molecule has 0 fully saturated rings. The summed E-state index contributed by atoms with van der Waals surface area (Å²) in [6, 6.07) is 30.3. The Labute approximate surface area is 243 Å². The van der Waals surface area contributed by atoms with Crippen molar-refractivity contribution in [1.82, 2.24) is 0 Å². The molecule has 0 aliphatic carbocycles. The van der Waals surface area contributed by atoms with Gasteiger partial charge in [0.25, 0.3) is 5.91 Å². The lowest BCUT2D eigenvalue weighted by Crippen LogP contribution is -2.30. The van der Waals surface area contributed by atoms with Crippen LogP contribution in [0.15, 0.2) is 108 Å². The highest BCUT2D eigenvalue weighted by Crippen LogP contribution is 2.39. The van der Waals surface area contributed by atoms with Gasteiger partial charge in [0.1, 0.15) is 5.70 Å². The Morgan fingerprint density at radius 2 is 1.39 bits per heavy atom. The van der Waals surface area contributed by atoms with E-state index in [0.717, 1.165) is 11.1 Å². The lowest BCUT2D eigenvalue weighted by molar-refractivity contribution is -0.113. The zero-order valence-electron chi connectivity index (χ0n) is 22.9. The van der Waals surface area contributed by atoms with E-state index in [9.17, 15) is 9.59 Å². The topological polar surface area (TPSA) is 77.4 Å². The number of aliphatic imine (C=N–C) groups is 1. The number of rotatable bonds is 9. The van der Waals surface area contributed by atoms with E-state index in [4.69, 9.17) is 14.2 Å². The van der Waals surface area contributed by atoms with Crippen LogP contribution in [0.25, 0.3) is 17.2 Å². The lowest BCUT2D eigenvalue weighted by atomic mass is 10.0. The molecular weight excluding hydrogens is 536 g/mol. The monoisotopic (exact) mass is 564 g/mol. The van der Waals surface area contributed by atoms with Crippen molar-refractivity contribution in [3.05, 3.63) is 114 Å². The molecule has 7 nitrogen and oxygen atoms in total. The van der Waals surface area contributed by atoms with Crippen LogP contribution in [0.4, 0.5) is 5.69 Å². The van der Waals surface area contributed by atoms with E-state index in [1.165, 1.54) is 38.0 Å². The van der Waals surface area contributed by atoms with E-state index >= 15 is 0 Å². The van der Waals surface area contributed by atoms with Crippen LogP contribution in [0, 0.1) is 0 Å². The number of nitrogens with zero attached hydrogens (tertiary/aromatic N) is 2. The van der Waals surface area contributed by atoms with Gasteiger partial charge in [0, 0.05) is 5.56 Å². The summed E-state index contributed by atoms with van der Waals surface area (Å²) >= 11 is 1.23. The molecule has 206 valence electrons. The number of Topliss-reactive ketones (excluding diaryl/α,β-unsaturated/α-hetero) is 1. The number of ether oxygens (including phenoxy) is 3. The average molecular weight is 565 g/mol. The van der Waals surface area contributed by atoms with Crippen LogP contribution in [-0.2, 0) is 4.79 Å². The Bertz CT molecular complexity index is 1590. The summed E-state index contributed by atoms with van der Waals surface area (Å²) in [5.41, 5.74) is 4.27. The molecular formula is C33H28N2O5S. The number of hydrogen-bond donors (Lipinski definition) is 0. The fourth-order valence-corrected chi connectivity index (χ4v) is 5.34. The molecule has 4 aromatic rings. The number of anilines is 1. The third-order valence-electron chi connectivity index (χ3n) is 6.48. The lowest BCUT2D eigenvalue weighted by Gasteiger charge is -2.17. The predicted molar refractivity (Wildman–Crippen MR) is 164 cm³/mol. The van der Waals surface area contributed by atoms with Crippen molar-refractivity contribution in [2.75, 3.05) is 32.0 Å². The van der Waals surface area contributed by atoms with Crippen LogP contribution in [-0.4, -0.2) is 43.9 Å². The van der Waals surface area contributed by atoms with Crippen molar-refractivity contribution in [3.8, 4) is 28.4 Å². The molecule has 0 saturated heterocycles. The number of ketones is 1. The molecule has 0 radical (unpaired) electrons. The highest BCUT2D eigenvalue weighted by Gasteiger charge is 2.32. The van der Waals surface area contributed by atoms with Gasteiger partial charge in [-0.1, -0.05) is 84.6 Å². The van der Waals surface area contributed by atoms with Crippen molar-refractivity contribution in [2.45, 2.75) is 0 Å². The second-order valence-electron chi connectivity index (χ2n) is 9.01. The van der Waals surface area contributed by atoms with Crippen LogP contribution in [0.1, 0.15) is 15.9 Å². The highest BCUT2D eigenvalue weighted by molar-refractivity contribution is 8.14. The van der Waals surface area contributed by atoms with Gasteiger partial charge in [-0.3, -0.25) is 14.5 Å². The summed E-state index contributed by atoms with van der Waals surface area (Å²) in [7, 11) is 4.60. The van der Waals surface area contributed by atoms with Crippen molar-refractivity contribution < 1.29 is 23.8 Å². The normalized spacial score (nSPS) is 13.7. The summed E-state index contributed by atoms with van der Waals surface area (Å²) in [4.78, 5) is 32.9. The first-order valence-corrected chi connectivity index (χ1v) is 13.8. The molecule has 0 N–H and O–H groups in total. The first-order chi connectivity index (χ1) is 20.0. The molecule has 5 rings (SSSR count). The Hall–Kier alpha value is -4.82. The van der Waals surface area contributed by atoms with Gasteiger partial charge in [0.2, 0.25) is 5.75 Å². The maximum Gasteiger partial charge on any atom is 0.283 e. The van der Waals surface area contributed by atoms with Gasteiger partial charge in [0.05, 0.1) is 32.8 Å². The van der Waals surface area contributed by atoms with Crippen LogP contribution in [0.2, 0.25) is 0 Å². The molecule has 4 aromatic carbocycles. The Morgan fingerprint density at radius 1 is 0.805 bits per heavy atom. The maximum absolute atomic E-state index is 13.6. The molecule has 41 heavy (non-hydrogen) atoms. The first kappa shape index (κ1) is 27.7. The van der Waals surface area contributed by atoms with E-state index in [-0.39, 0.29) is 23.1 Å². The minimum absolute atomic E-state index is 0.0557. The molecule has 0 spiro atoms. The molecule has 1 amide bonds. The van der Waals surface area contributed by atoms with E-state index in [1.807, 2.05) is 84.9 Å². The molecule has 0 unspecified atom stereocenters. The largest absolute Gasteiger partial charge is 0.493 e. The fourth-order valence-electron chi connectivity index (χ4n) is 4.43. The number of benzene rings is 4. The summed E-state index contributed by atoms with van der Waals surface area (Å²) in [5.74, 6) is 1.15. The van der Waals surface area contributed by atoms with Crippen LogP contribution in [0.5, 0.6) is 17.2 Å². The Balaban J connectivity index is 1.41. The van der Waals surface area contributed by atoms with Crippen molar-refractivity contribution >= 4 is 40.4 Å². The third-order valence-corrected chi connectivity index (χ3v) is 7.42. The standard InChI is InChI=1S/C33H28N2O5S/c1-38-29-19-22(20-30(39-2)31(29)40-3)18-27-32(37)35(26-12-8-5-9-13-26)33(34-27)41-21-28(36)25-16-14-24(15-17-25)23-10-6-4-7-11-23/h4-20H,21H2,1-3H3/b27-18-. The zero-order valence-corrected chi connectivity index (χ0v) is 23.7. The van der Waals surface area contributed by atoms with E-state index < -0.39 is 0 Å². The molecule has 1 aliphatic rings. The minimum atomic E-state index is -0.299. The molecule has 0 saturated carbocycles. The van der Waals surface area contributed by atoms with Crippen LogP contribution >= 0.6 is 11.8 Å². The van der Waals surface area contributed by atoms with Crippen LogP contribution in [0.3, 0.4) is 0 Å². The minimum Gasteiger partial charge on any atom is -0.493 e. The summed E-state index contributed by atoms with van der Waals surface area (Å²) in [6.07, 6.45) is 1.67. The molecule has 8 heteroatoms. The molecule has 0 bridgehead atoms. The smallest absolute Gasteiger partial charge is 0.283 e. The summed E-state index contributed by atoms with van der Waals surface area (Å²) < 4.78 is 16.3. The van der Waals surface area contributed by atoms with Crippen molar-refractivity contribution in [1.29, 1.82) is 0 Å². The second kappa shape index (κ2) is 12.6. The number of methoxy groups -OCH3 is 3. The predicted octanol–water partition coefficient (Wildman–Crippen LogP) is 6.74. The molecule has 1 heterocycles. The number of carbonyl (C=O) groups excluding carboxylic acids is 2. The first-order valence-electron chi connectivity index (χ1n) is 12.8. The zero-order chi connectivity index (χ0) is 28.8. The number of carbonyl (C=O) groups is 2. The van der Waals surface area contributed by atoms with E-state index in [1.54, 1.807) is 18.2 Å². The number of thioether (sulfide) groups is 1. The number of para-hydroxylation sites is 1. The van der Waals surface area contributed by atoms with Crippen molar-refractivity contribution in [2.24, 2.45) is 4.99 Å². The van der Waals surface area contributed by atoms with Gasteiger partial charge in [-0.05, 0) is 47.0 Å². The van der Waals surface area contributed by atoms with Gasteiger partial charge < -0.3 is 14.2 Å². The average Bonchev–Trinajstić information content (AvgIpc) is 3.34. The highest BCUT2D eigenvalue weighted by atomic mass is 32.2. The third kappa shape index (κ3) is 6.02. The van der Waals surface area contributed by atoms with E-state index in [0.29, 0.717) is 39.2 Å². The summed E-state index contributed by atoms with van der Waals surface area (Å²) in [6.45, 7) is 0. The molecule has 0 atom stereocenters. The quantitative estimate of drug-likeness (QED) is 0.166. The van der Waals surface area contributed by atoms with Gasteiger partial charge in [-0.15, -0.1) is 0 Å². The maximum atomic E-state index is 13.6. The number of amidine groups is 1. The SMILES string of the molecule is COc1cc(/C=C2\N=C(SCC(=O)c3ccc(-c4ccccc4)cc3)N(c3ccccc3)C2=O)cc(OC)c1OC. The summed E-state index contributed by atoms with van der Waals surface area (Å²) in [5, 5.41) is 0.425.